The first-order chi connectivity index (χ1) is 9.69. The predicted molar refractivity (Wildman–Crippen MR) is 82.3 cm³/mol. The number of aliphatic hydroxyl groups excluding tert-OH is 1. The molecule has 1 heterocycles. The van der Waals surface area contributed by atoms with Crippen LogP contribution in [0.1, 0.15) is 49.9 Å². The van der Waals surface area contributed by atoms with Crippen molar-refractivity contribution >= 4 is 11.6 Å². The van der Waals surface area contributed by atoms with Crippen LogP contribution in [0.25, 0.3) is 0 Å². The fourth-order valence-corrected chi connectivity index (χ4v) is 2.35. The molecule has 5 nitrogen and oxygen atoms in total. The molecule has 1 atom stereocenters. The SMILES string of the molecule is CCC(CCO)CNc1nc(C2CC2)nc(NC)c1C. The number of hydrogen-bond acceptors (Lipinski definition) is 5. The van der Waals surface area contributed by atoms with E-state index in [9.17, 15) is 0 Å². The number of nitrogens with one attached hydrogen (secondary N) is 2. The van der Waals surface area contributed by atoms with Gasteiger partial charge >= 0.3 is 0 Å². The zero-order valence-electron chi connectivity index (χ0n) is 12.7. The summed E-state index contributed by atoms with van der Waals surface area (Å²) < 4.78 is 0. The largest absolute Gasteiger partial charge is 0.396 e. The van der Waals surface area contributed by atoms with Crippen LogP contribution < -0.4 is 10.6 Å². The van der Waals surface area contributed by atoms with Crippen LogP contribution in [-0.4, -0.2) is 35.3 Å². The number of aliphatic hydroxyl groups is 1. The summed E-state index contributed by atoms with van der Waals surface area (Å²) in [6.07, 6.45) is 4.30. The first kappa shape index (κ1) is 15.0. The molecular formula is C15H26N4O. The first-order valence-electron chi connectivity index (χ1n) is 7.60. The molecule has 5 heteroatoms. The molecular weight excluding hydrogens is 252 g/mol. The summed E-state index contributed by atoms with van der Waals surface area (Å²) >= 11 is 0. The summed E-state index contributed by atoms with van der Waals surface area (Å²) in [6, 6.07) is 0. The molecule has 0 aromatic carbocycles. The molecule has 1 aliphatic carbocycles. The second-order valence-corrected chi connectivity index (χ2v) is 5.60. The molecule has 112 valence electrons. The van der Waals surface area contributed by atoms with Crippen molar-refractivity contribution in [2.75, 3.05) is 30.8 Å². The van der Waals surface area contributed by atoms with Crippen LogP contribution in [0, 0.1) is 12.8 Å². The highest BCUT2D eigenvalue weighted by atomic mass is 16.3. The molecule has 1 aromatic heterocycles. The van der Waals surface area contributed by atoms with Crippen LogP contribution >= 0.6 is 0 Å². The summed E-state index contributed by atoms with van der Waals surface area (Å²) in [5.74, 6) is 3.83. The zero-order valence-corrected chi connectivity index (χ0v) is 12.7. The Morgan fingerprint density at radius 3 is 2.55 bits per heavy atom. The lowest BCUT2D eigenvalue weighted by molar-refractivity contribution is 0.258. The van der Waals surface area contributed by atoms with Gasteiger partial charge in [-0.3, -0.25) is 0 Å². The standard InChI is InChI=1S/C15H26N4O/c1-4-11(7-8-20)9-17-14-10(2)13(16-3)18-15(19-14)12-5-6-12/h11-12,20H,4-9H2,1-3H3,(H2,16,17,18,19). The fraction of sp³-hybridized carbons (Fsp3) is 0.733. The highest BCUT2D eigenvalue weighted by molar-refractivity contribution is 5.57. The molecule has 0 radical (unpaired) electrons. The minimum absolute atomic E-state index is 0.248. The van der Waals surface area contributed by atoms with Gasteiger partial charge in [-0.15, -0.1) is 0 Å². The lowest BCUT2D eigenvalue weighted by atomic mass is 10.0. The van der Waals surface area contributed by atoms with Crippen molar-refractivity contribution in [2.45, 2.75) is 45.4 Å². The number of anilines is 2. The Hall–Kier alpha value is -1.36. The van der Waals surface area contributed by atoms with Crippen LogP contribution in [0.4, 0.5) is 11.6 Å². The second kappa shape index (κ2) is 6.88. The summed E-state index contributed by atoms with van der Waals surface area (Å²) in [4.78, 5) is 9.28. The molecule has 1 saturated carbocycles. The predicted octanol–water partition coefficient (Wildman–Crippen LogP) is 2.52. The van der Waals surface area contributed by atoms with Gasteiger partial charge in [-0.05, 0) is 32.1 Å². The molecule has 1 aromatic rings. The van der Waals surface area contributed by atoms with Gasteiger partial charge in [0.05, 0.1) is 0 Å². The topological polar surface area (TPSA) is 70.1 Å². The lowest BCUT2D eigenvalue weighted by Crippen LogP contribution is -2.17. The van der Waals surface area contributed by atoms with E-state index in [0.29, 0.717) is 11.8 Å². The molecule has 0 amide bonds. The van der Waals surface area contributed by atoms with Crippen LogP contribution in [0.5, 0.6) is 0 Å². The molecule has 0 spiro atoms. The number of hydrogen-bond donors (Lipinski definition) is 3. The van der Waals surface area contributed by atoms with Crippen molar-refractivity contribution in [3.8, 4) is 0 Å². The third-order valence-corrected chi connectivity index (χ3v) is 4.02. The van der Waals surface area contributed by atoms with E-state index in [1.165, 1.54) is 12.8 Å². The van der Waals surface area contributed by atoms with Crippen molar-refractivity contribution in [3.05, 3.63) is 11.4 Å². The lowest BCUT2D eigenvalue weighted by Gasteiger charge is -2.17. The smallest absolute Gasteiger partial charge is 0.136 e. The highest BCUT2D eigenvalue weighted by Crippen LogP contribution is 2.39. The first-order valence-corrected chi connectivity index (χ1v) is 7.60. The Kier molecular flexibility index (Phi) is 5.17. The second-order valence-electron chi connectivity index (χ2n) is 5.60. The monoisotopic (exact) mass is 278 g/mol. The molecule has 0 bridgehead atoms. The van der Waals surface area contributed by atoms with E-state index in [-0.39, 0.29) is 6.61 Å². The van der Waals surface area contributed by atoms with E-state index >= 15 is 0 Å². The molecule has 20 heavy (non-hydrogen) atoms. The third kappa shape index (κ3) is 3.60. The van der Waals surface area contributed by atoms with Crippen molar-refractivity contribution < 1.29 is 5.11 Å². The molecule has 3 N–H and O–H groups in total. The van der Waals surface area contributed by atoms with Gasteiger partial charge in [0.2, 0.25) is 0 Å². The van der Waals surface area contributed by atoms with E-state index in [0.717, 1.165) is 42.4 Å². The summed E-state index contributed by atoms with van der Waals surface area (Å²) in [5.41, 5.74) is 1.07. The van der Waals surface area contributed by atoms with Crippen LogP contribution in [-0.2, 0) is 0 Å². The average molecular weight is 278 g/mol. The van der Waals surface area contributed by atoms with E-state index in [1.807, 2.05) is 14.0 Å². The number of aromatic nitrogens is 2. The fourth-order valence-electron chi connectivity index (χ4n) is 2.35. The van der Waals surface area contributed by atoms with Gasteiger partial charge in [-0.2, -0.15) is 0 Å². The summed E-state index contributed by atoms with van der Waals surface area (Å²) in [5, 5.41) is 15.7. The zero-order chi connectivity index (χ0) is 14.5. The van der Waals surface area contributed by atoms with Gasteiger partial charge in [0, 0.05) is 31.7 Å². The highest BCUT2D eigenvalue weighted by Gasteiger charge is 2.28. The molecule has 0 saturated heterocycles. The van der Waals surface area contributed by atoms with Gasteiger partial charge in [0.1, 0.15) is 17.5 Å². The molecule has 2 rings (SSSR count). The normalized spacial score (nSPS) is 16.0. The summed E-state index contributed by atoms with van der Waals surface area (Å²) in [7, 11) is 1.90. The van der Waals surface area contributed by atoms with E-state index in [1.54, 1.807) is 0 Å². The Morgan fingerprint density at radius 2 is 2.00 bits per heavy atom. The molecule has 1 unspecified atom stereocenters. The van der Waals surface area contributed by atoms with Gasteiger partial charge in [-0.25, -0.2) is 9.97 Å². The quantitative estimate of drug-likeness (QED) is 0.681. The average Bonchev–Trinajstić information content (AvgIpc) is 3.29. The maximum absolute atomic E-state index is 9.06. The number of nitrogens with zero attached hydrogens (tertiary/aromatic N) is 2. The Bertz CT molecular complexity index is 446. The van der Waals surface area contributed by atoms with E-state index < -0.39 is 0 Å². The molecule has 0 aliphatic heterocycles. The maximum Gasteiger partial charge on any atom is 0.136 e. The molecule has 1 aliphatic rings. The van der Waals surface area contributed by atoms with Crippen LogP contribution in [0.3, 0.4) is 0 Å². The minimum atomic E-state index is 0.248. The summed E-state index contributed by atoms with van der Waals surface area (Å²) in [6.45, 7) is 5.29. The van der Waals surface area contributed by atoms with Gasteiger partial charge < -0.3 is 15.7 Å². The van der Waals surface area contributed by atoms with Crippen molar-refractivity contribution in [3.63, 3.8) is 0 Å². The van der Waals surface area contributed by atoms with Gasteiger partial charge in [0.25, 0.3) is 0 Å². The Labute approximate surface area is 121 Å². The van der Waals surface area contributed by atoms with Gasteiger partial charge in [0.15, 0.2) is 0 Å². The van der Waals surface area contributed by atoms with Crippen molar-refractivity contribution in [1.29, 1.82) is 0 Å². The molecule has 1 fully saturated rings. The van der Waals surface area contributed by atoms with Crippen LogP contribution in [0.15, 0.2) is 0 Å². The van der Waals surface area contributed by atoms with Crippen LogP contribution in [0.2, 0.25) is 0 Å². The van der Waals surface area contributed by atoms with Crippen molar-refractivity contribution in [1.82, 2.24) is 9.97 Å². The third-order valence-electron chi connectivity index (χ3n) is 4.02. The minimum Gasteiger partial charge on any atom is -0.396 e. The Morgan fingerprint density at radius 1 is 1.30 bits per heavy atom. The Balaban J connectivity index is 2.10. The number of rotatable bonds is 8. The van der Waals surface area contributed by atoms with E-state index in [2.05, 4.69) is 27.5 Å². The van der Waals surface area contributed by atoms with Gasteiger partial charge in [-0.1, -0.05) is 13.3 Å². The van der Waals surface area contributed by atoms with Crippen molar-refractivity contribution in [2.24, 2.45) is 5.92 Å². The maximum atomic E-state index is 9.06. The van der Waals surface area contributed by atoms with E-state index in [4.69, 9.17) is 5.11 Å².